The zero-order valence-corrected chi connectivity index (χ0v) is 16.8. The first kappa shape index (κ1) is 21.0. The smallest absolute Gasteiger partial charge is 0.417 e. The Kier molecular flexibility index (Phi) is 5.47. The van der Waals surface area contributed by atoms with Crippen LogP contribution in [0.25, 0.3) is 22.0 Å². The lowest BCUT2D eigenvalue weighted by atomic mass is 9.96. The molecule has 1 aliphatic rings. The predicted octanol–water partition coefficient (Wildman–Crippen LogP) is 5.23. The molecule has 1 aliphatic heterocycles. The number of aromatic nitrogens is 1. The van der Waals surface area contributed by atoms with E-state index in [1.807, 2.05) is 17.0 Å². The molecule has 0 bridgehead atoms. The second-order valence-electron chi connectivity index (χ2n) is 7.59. The van der Waals surface area contributed by atoms with Gasteiger partial charge in [0.15, 0.2) is 0 Å². The zero-order valence-electron chi connectivity index (χ0n) is 16.8. The van der Waals surface area contributed by atoms with Crippen molar-refractivity contribution in [2.24, 2.45) is 5.92 Å². The number of fused-ring (bicyclic) bond motifs is 1. The summed E-state index contributed by atoms with van der Waals surface area (Å²) in [4.78, 5) is 17.8. The molecule has 31 heavy (non-hydrogen) atoms. The zero-order chi connectivity index (χ0) is 22.2. The van der Waals surface area contributed by atoms with Gasteiger partial charge in [0, 0.05) is 18.5 Å². The average molecular weight is 430 g/mol. The van der Waals surface area contributed by atoms with Crippen molar-refractivity contribution < 1.29 is 27.8 Å². The van der Waals surface area contributed by atoms with E-state index >= 15 is 0 Å². The van der Waals surface area contributed by atoms with Crippen molar-refractivity contribution in [3.63, 3.8) is 0 Å². The lowest BCUT2D eigenvalue weighted by molar-refractivity contribution is -0.142. The van der Waals surface area contributed by atoms with Crippen molar-refractivity contribution in [2.45, 2.75) is 19.0 Å². The molecule has 1 fully saturated rings. The van der Waals surface area contributed by atoms with Crippen LogP contribution in [0.1, 0.15) is 18.4 Å². The number of hydrogen-bond donors (Lipinski definition) is 1. The van der Waals surface area contributed by atoms with Gasteiger partial charge in [-0.1, -0.05) is 12.1 Å². The second kappa shape index (κ2) is 8.09. The molecule has 1 N–H and O–H groups in total. The number of carboxylic acids is 1. The van der Waals surface area contributed by atoms with Crippen LogP contribution in [0.2, 0.25) is 0 Å². The fourth-order valence-electron chi connectivity index (χ4n) is 3.95. The van der Waals surface area contributed by atoms with Gasteiger partial charge in [-0.15, -0.1) is 0 Å². The molecule has 0 spiro atoms. The largest absolute Gasteiger partial charge is 0.497 e. The lowest BCUT2D eigenvalue weighted by Crippen LogP contribution is -2.36. The minimum absolute atomic E-state index is 0.0787. The Morgan fingerprint density at radius 3 is 2.48 bits per heavy atom. The van der Waals surface area contributed by atoms with Gasteiger partial charge < -0.3 is 14.7 Å². The van der Waals surface area contributed by atoms with Gasteiger partial charge in [0.1, 0.15) is 11.6 Å². The molecule has 4 rings (SSSR count). The molecule has 0 saturated carbocycles. The first-order valence-corrected chi connectivity index (χ1v) is 9.90. The molecule has 0 unspecified atom stereocenters. The standard InChI is InChI=1S/C23H21F3N2O3/c1-31-17-4-5-18(19(13-17)23(24,25)26)15-2-6-20-16(12-15)3-7-21(27-20)28-10-8-14(9-11-28)22(29)30/h2-7,12-14H,8-11H2,1H3,(H,29,30). The Morgan fingerprint density at radius 1 is 1.10 bits per heavy atom. The summed E-state index contributed by atoms with van der Waals surface area (Å²) in [5, 5.41) is 9.87. The summed E-state index contributed by atoms with van der Waals surface area (Å²) < 4.78 is 45.7. The highest BCUT2D eigenvalue weighted by Crippen LogP contribution is 2.40. The van der Waals surface area contributed by atoms with Gasteiger partial charge in [-0.05, 0) is 60.4 Å². The van der Waals surface area contributed by atoms with Gasteiger partial charge in [0.2, 0.25) is 0 Å². The Balaban J connectivity index is 1.65. The molecule has 0 amide bonds. The van der Waals surface area contributed by atoms with E-state index in [0.29, 0.717) is 37.0 Å². The van der Waals surface area contributed by atoms with Crippen LogP contribution in [0.4, 0.5) is 19.0 Å². The van der Waals surface area contributed by atoms with Gasteiger partial charge in [0.05, 0.1) is 24.1 Å². The number of benzene rings is 2. The van der Waals surface area contributed by atoms with Crippen LogP contribution >= 0.6 is 0 Å². The van der Waals surface area contributed by atoms with Crippen LogP contribution in [0, 0.1) is 5.92 Å². The maximum absolute atomic E-state index is 13.6. The summed E-state index contributed by atoms with van der Waals surface area (Å²) in [5.74, 6) is -0.207. The number of pyridine rings is 1. The highest BCUT2D eigenvalue weighted by Gasteiger charge is 2.34. The SMILES string of the molecule is COc1ccc(-c2ccc3nc(N4CCC(C(=O)O)CC4)ccc3c2)c(C(F)(F)F)c1. The fourth-order valence-corrected chi connectivity index (χ4v) is 3.95. The van der Waals surface area contributed by atoms with Crippen LogP contribution in [-0.2, 0) is 11.0 Å². The number of halogens is 3. The van der Waals surface area contributed by atoms with E-state index in [9.17, 15) is 18.0 Å². The van der Waals surface area contributed by atoms with Crippen LogP contribution in [0.3, 0.4) is 0 Å². The van der Waals surface area contributed by atoms with Crippen LogP contribution in [-0.4, -0.2) is 36.3 Å². The molecule has 2 aromatic carbocycles. The van der Waals surface area contributed by atoms with Crippen molar-refractivity contribution in [3.8, 4) is 16.9 Å². The van der Waals surface area contributed by atoms with Crippen LogP contribution in [0.15, 0.2) is 48.5 Å². The number of anilines is 1. The van der Waals surface area contributed by atoms with Crippen molar-refractivity contribution in [1.82, 2.24) is 4.98 Å². The number of ether oxygens (including phenoxy) is 1. The predicted molar refractivity (Wildman–Crippen MR) is 111 cm³/mol. The summed E-state index contributed by atoms with van der Waals surface area (Å²) >= 11 is 0. The third-order valence-corrected chi connectivity index (χ3v) is 5.69. The number of nitrogens with zero attached hydrogens (tertiary/aromatic N) is 2. The van der Waals surface area contributed by atoms with E-state index in [0.717, 1.165) is 17.3 Å². The average Bonchev–Trinajstić information content (AvgIpc) is 2.77. The summed E-state index contributed by atoms with van der Waals surface area (Å²) in [6.45, 7) is 1.21. The van der Waals surface area contributed by atoms with Crippen LogP contribution < -0.4 is 9.64 Å². The molecule has 0 radical (unpaired) electrons. The number of carboxylic acid groups (broad SMARTS) is 1. The maximum atomic E-state index is 13.6. The molecule has 8 heteroatoms. The molecule has 1 saturated heterocycles. The van der Waals surface area contributed by atoms with Gasteiger partial charge in [-0.25, -0.2) is 4.98 Å². The molecule has 1 aromatic heterocycles. The monoisotopic (exact) mass is 430 g/mol. The number of methoxy groups -OCH3 is 1. The third kappa shape index (κ3) is 4.28. The van der Waals surface area contributed by atoms with Crippen LogP contribution in [0.5, 0.6) is 5.75 Å². The molecular weight excluding hydrogens is 409 g/mol. The normalized spacial score (nSPS) is 15.3. The first-order valence-electron chi connectivity index (χ1n) is 9.90. The van der Waals surface area contributed by atoms with Gasteiger partial charge in [0.25, 0.3) is 0 Å². The number of carbonyl (C=O) groups is 1. The summed E-state index contributed by atoms with van der Waals surface area (Å²) in [6, 6.07) is 12.6. The third-order valence-electron chi connectivity index (χ3n) is 5.69. The highest BCUT2D eigenvalue weighted by atomic mass is 19.4. The van der Waals surface area contributed by atoms with E-state index in [-0.39, 0.29) is 17.2 Å². The summed E-state index contributed by atoms with van der Waals surface area (Å²) in [7, 11) is 1.33. The van der Waals surface area contributed by atoms with E-state index in [1.54, 1.807) is 18.2 Å². The van der Waals surface area contributed by atoms with Crippen molar-refractivity contribution in [3.05, 3.63) is 54.1 Å². The first-order chi connectivity index (χ1) is 14.8. The Labute approximate surface area is 177 Å². The fraction of sp³-hybridized carbons (Fsp3) is 0.304. The number of hydrogen-bond acceptors (Lipinski definition) is 4. The Bertz CT molecular complexity index is 1120. The quantitative estimate of drug-likeness (QED) is 0.614. The molecule has 0 aliphatic carbocycles. The van der Waals surface area contributed by atoms with E-state index in [1.165, 1.54) is 19.2 Å². The Hall–Kier alpha value is -3.29. The van der Waals surface area contributed by atoms with Crippen molar-refractivity contribution in [2.75, 3.05) is 25.1 Å². The summed E-state index contributed by atoms with van der Waals surface area (Å²) in [5.41, 5.74) is 0.440. The molecular formula is C23H21F3N2O3. The van der Waals surface area contributed by atoms with Gasteiger partial charge in [-0.2, -0.15) is 13.2 Å². The van der Waals surface area contributed by atoms with E-state index in [4.69, 9.17) is 9.84 Å². The minimum atomic E-state index is -4.51. The molecule has 0 atom stereocenters. The number of rotatable bonds is 4. The van der Waals surface area contributed by atoms with Gasteiger partial charge in [-0.3, -0.25) is 4.79 Å². The second-order valence-corrected chi connectivity index (χ2v) is 7.59. The van der Waals surface area contributed by atoms with Crippen molar-refractivity contribution in [1.29, 1.82) is 0 Å². The summed E-state index contributed by atoms with van der Waals surface area (Å²) in [6.07, 6.45) is -3.39. The lowest BCUT2D eigenvalue weighted by Gasteiger charge is -2.31. The molecule has 2 heterocycles. The topological polar surface area (TPSA) is 62.7 Å². The highest BCUT2D eigenvalue weighted by molar-refractivity contribution is 5.86. The molecule has 3 aromatic rings. The number of piperidine rings is 1. The minimum Gasteiger partial charge on any atom is -0.497 e. The van der Waals surface area contributed by atoms with E-state index in [2.05, 4.69) is 4.98 Å². The van der Waals surface area contributed by atoms with Gasteiger partial charge >= 0.3 is 12.1 Å². The molecule has 5 nitrogen and oxygen atoms in total. The number of alkyl halides is 3. The van der Waals surface area contributed by atoms with E-state index < -0.39 is 17.7 Å². The molecule has 162 valence electrons. The number of aliphatic carboxylic acids is 1. The maximum Gasteiger partial charge on any atom is 0.417 e. The van der Waals surface area contributed by atoms with Crippen molar-refractivity contribution >= 4 is 22.7 Å². The Morgan fingerprint density at radius 2 is 1.84 bits per heavy atom.